The van der Waals surface area contributed by atoms with E-state index in [0.717, 1.165) is 30.1 Å². The molecule has 1 fully saturated rings. The third-order valence-corrected chi connectivity index (χ3v) is 5.24. The van der Waals surface area contributed by atoms with Gasteiger partial charge in [0, 0.05) is 31.7 Å². The molecule has 0 bridgehead atoms. The zero-order chi connectivity index (χ0) is 16.4. The maximum atomic E-state index is 12.8. The van der Waals surface area contributed by atoms with E-state index in [4.69, 9.17) is 0 Å². The number of amides is 1. The Morgan fingerprint density at radius 2 is 2.21 bits per heavy atom. The van der Waals surface area contributed by atoms with Crippen LogP contribution in [0.15, 0.2) is 49.3 Å². The van der Waals surface area contributed by atoms with Crippen LogP contribution in [-0.2, 0) is 0 Å². The van der Waals surface area contributed by atoms with Gasteiger partial charge in [0.2, 0.25) is 0 Å². The summed E-state index contributed by atoms with van der Waals surface area (Å²) < 4.78 is 2.09. The van der Waals surface area contributed by atoms with E-state index in [1.165, 1.54) is 11.3 Å². The molecule has 0 spiro atoms. The molecular formula is C17H17N5OS. The molecule has 24 heavy (non-hydrogen) atoms. The van der Waals surface area contributed by atoms with E-state index < -0.39 is 0 Å². The average molecular weight is 339 g/mol. The molecule has 4 heterocycles. The second-order valence-corrected chi connectivity index (χ2v) is 6.83. The molecule has 1 atom stereocenters. The highest BCUT2D eigenvalue weighted by Crippen LogP contribution is 2.27. The highest BCUT2D eigenvalue weighted by molar-refractivity contribution is 7.16. The van der Waals surface area contributed by atoms with Crippen molar-refractivity contribution in [3.63, 3.8) is 0 Å². The summed E-state index contributed by atoms with van der Waals surface area (Å²) in [6.07, 6.45) is 11.0. The molecule has 1 aliphatic rings. The van der Waals surface area contributed by atoms with Crippen molar-refractivity contribution in [2.45, 2.75) is 18.9 Å². The molecule has 3 aromatic heterocycles. The minimum atomic E-state index is 0.0551. The van der Waals surface area contributed by atoms with Crippen LogP contribution in [0.2, 0.25) is 0 Å². The lowest BCUT2D eigenvalue weighted by molar-refractivity contribution is 0.0684. The Hall–Kier alpha value is -2.54. The van der Waals surface area contributed by atoms with Crippen LogP contribution in [0.25, 0.3) is 10.7 Å². The smallest absolute Gasteiger partial charge is 0.265 e. The zero-order valence-electron chi connectivity index (χ0n) is 13.1. The monoisotopic (exact) mass is 339 g/mol. The highest BCUT2D eigenvalue weighted by atomic mass is 32.1. The lowest BCUT2D eigenvalue weighted by Crippen LogP contribution is -2.40. The Bertz CT molecular complexity index is 815. The lowest BCUT2D eigenvalue weighted by atomic mass is 10.1. The van der Waals surface area contributed by atoms with Crippen molar-refractivity contribution in [1.29, 1.82) is 0 Å². The van der Waals surface area contributed by atoms with Gasteiger partial charge in [0.25, 0.3) is 5.91 Å². The topological polar surface area (TPSA) is 63.9 Å². The van der Waals surface area contributed by atoms with Gasteiger partial charge in [0.05, 0.1) is 24.3 Å². The van der Waals surface area contributed by atoms with E-state index in [1.54, 1.807) is 18.6 Å². The Balaban J connectivity index is 1.50. The summed E-state index contributed by atoms with van der Waals surface area (Å²) in [6, 6.07) is 6.00. The van der Waals surface area contributed by atoms with Gasteiger partial charge in [-0.2, -0.15) is 0 Å². The van der Waals surface area contributed by atoms with Crippen molar-refractivity contribution < 1.29 is 4.79 Å². The number of hydrogen-bond donors (Lipinski definition) is 0. The van der Waals surface area contributed by atoms with Crippen LogP contribution >= 0.6 is 11.3 Å². The number of carbonyl (C=O) groups is 1. The Morgan fingerprint density at radius 3 is 3.00 bits per heavy atom. The summed E-state index contributed by atoms with van der Waals surface area (Å²) >= 11 is 1.40. The van der Waals surface area contributed by atoms with Gasteiger partial charge in [0.1, 0.15) is 9.88 Å². The van der Waals surface area contributed by atoms with Crippen LogP contribution in [0.5, 0.6) is 0 Å². The second kappa shape index (κ2) is 6.52. The summed E-state index contributed by atoms with van der Waals surface area (Å²) in [4.78, 5) is 28.2. The van der Waals surface area contributed by atoms with Gasteiger partial charge in [0.15, 0.2) is 0 Å². The predicted octanol–water partition coefficient (Wildman–Crippen LogP) is 2.88. The van der Waals surface area contributed by atoms with E-state index in [-0.39, 0.29) is 5.91 Å². The van der Waals surface area contributed by atoms with Gasteiger partial charge in [-0.15, -0.1) is 11.3 Å². The number of rotatable bonds is 3. The molecule has 0 unspecified atom stereocenters. The normalized spacial score (nSPS) is 17.8. The zero-order valence-corrected chi connectivity index (χ0v) is 13.9. The molecule has 1 amide bonds. The number of hydrogen-bond acceptors (Lipinski definition) is 5. The van der Waals surface area contributed by atoms with Crippen molar-refractivity contribution in [1.82, 2.24) is 24.4 Å². The van der Waals surface area contributed by atoms with E-state index in [0.29, 0.717) is 17.5 Å². The minimum absolute atomic E-state index is 0.0551. The fourth-order valence-electron chi connectivity index (χ4n) is 3.00. The van der Waals surface area contributed by atoms with Crippen LogP contribution in [0.3, 0.4) is 0 Å². The van der Waals surface area contributed by atoms with Crippen molar-refractivity contribution in [3.05, 3.63) is 54.2 Å². The largest absolute Gasteiger partial charge is 0.336 e. The lowest BCUT2D eigenvalue weighted by Gasteiger charge is -2.33. The fraction of sp³-hybridized carbons (Fsp3) is 0.294. The number of nitrogens with zero attached hydrogens (tertiary/aromatic N) is 5. The predicted molar refractivity (Wildman–Crippen MR) is 91.7 cm³/mol. The van der Waals surface area contributed by atoms with Crippen molar-refractivity contribution in [3.8, 4) is 10.7 Å². The average Bonchev–Trinajstić information content (AvgIpc) is 3.34. The Morgan fingerprint density at radius 1 is 1.25 bits per heavy atom. The fourth-order valence-corrected chi connectivity index (χ4v) is 3.87. The first-order valence-electron chi connectivity index (χ1n) is 7.95. The summed E-state index contributed by atoms with van der Waals surface area (Å²) in [5.41, 5.74) is 0.802. The quantitative estimate of drug-likeness (QED) is 0.736. The molecule has 3 aromatic rings. The van der Waals surface area contributed by atoms with Crippen LogP contribution < -0.4 is 0 Å². The third kappa shape index (κ3) is 2.94. The molecule has 4 rings (SSSR count). The molecule has 0 aromatic carbocycles. The molecule has 0 radical (unpaired) electrons. The summed E-state index contributed by atoms with van der Waals surface area (Å²) in [6.45, 7) is 1.51. The van der Waals surface area contributed by atoms with Crippen LogP contribution in [-0.4, -0.2) is 43.4 Å². The van der Waals surface area contributed by atoms with E-state index in [1.807, 2.05) is 35.6 Å². The first-order valence-corrected chi connectivity index (χ1v) is 8.77. The van der Waals surface area contributed by atoms with Gasteiger partial charge in [-0.25, -0.2) is 9.97 Å². The molecule has 1 saturated heterocycles. The highest BCUT2D eigenvalue weighted by Gasteiger charge is 2.26. The van der Waals surface area contributed by atoms with Gasteiger partial charge < -0.3 is 9.47 Å². The van der Waals surface area contributed by atoms with E-state index in [2.05, 4.69) is 19.5 Å². The van der Waals surface area contributed by atoms with Gasteiger partial charge in [-0.05, 0) is 25.0 Å². The Kier molecular flexibility index (Phi) is 4.08. The molecule has 0 saturated carbocycles. The van der Waals surface area contributed by atoms with Crippen molar-refractivity contribution in [2.24, 2.45) is 0 Å². The molecule has 7 heteroatoms. The van der Waals surface area contributed by atoms with E-state index in [9.17, 15) is 4.79 Å². The van der Waals surface area contributed by atoms with Crippen LogP contribution in [0.1, 0.15) is 28.6 Å². The number of thiazole rings is 1. The number of piperidine rings is 1. The van der Waals surface area contributed by atoms with Crippen LogP contribution in [0.4, 0.5) is 0 Å². The van der Waals surface area contributed by atoms with Gasteiger partial charge in [-0.3, -0.25) is 9.78 Å². The third-order valence-electron chi connectivity index (χ3n) is 4.23. The van der Waals surface area contributed by atoms with Crippen molar-refractivity contribution >= 4 is 17.2 Å². The minimum Gasteiger partial charge on any atom is -0.336 e. The summed E-state index contributed by atoms with van der Waals surface area (Å²) in [7, 11) is 0. The number of imidazole rings is 1. The summed E-state index contributed by atoms with van der Waals surface area (Å²) in [5.74, 6) is 0.0551. The van der Waals surface area contributed by atoms with E-state index >= 15 is 0 Å². The van der Waals surface area contributed by atoms with Gasteiger partial charge in [-0.1, -0.05) is 6.07 Å². The maximum absolute atomic E-state index is 12.8. The summed E-state index contributed by atoms with van der Waals surface area (Å²) in [5, 5.41) is 0.780. The molecule has 1 aliphatic heterocycles. The number of likely N-dealkylation sites (tertiary alicyclic amines) is 1. The van der Waals surface area contributed by atoms with Gasteiger partial charge >= 0.3 is 0 Å². The van der Waals surface area contributed by atoms with Crippen LogP contribution in [0, 0.1) is 0 Å². The van der Waals surface area contributed by atoms with Crippen molar-refractivity contribution in [2.75, 3.05) is 13.1 Å². The molecular weight excluding hydrogens is 322 g/mol. The second-order valence-electron chi connectivity index (χ2n) is 5.80. The first kappa shape index (κ1) is 15.0. The molecule has 122 valence electrons. The SMILES string of the molecule is O=C(c1cnc(-c2ccccn2)s1)N1CCC[C@H](n2ccnc2)C1. The molecule has 6 nitrogen and oxygen atoms in total. The number of aromatic nitrogens is 4. The molecule has 0 N–H and O–H groups in total. The Labute approximate surface area is 143 Å². The number of carbonyl (C=O) groups excluding carboxylic acids is 1. The molecule has 0 aliphatic carbocycles. The first-order chi connectivity index (χ1) is 11.8. The number of pyridine rings is 1. The standard InChI is InChI=1S/C17H17N5OS/c23-17(15-10-20-16(24-15)14-5-1-2-6-19-14)21-8-3-4-13(11-21)22-9-7-18-12-22/h1-2,5-7,9-10,12-13H,3-4,8,11H2/t13-/m0/s1. The maximum Gasteiger partial charge on any atom is 0.265 e.